The van der Waals surface area contributed by atoms with Gasteiger partial charge in [-0.2, -0.15) is 10.2 Å². The molecule has 0 saturated carbocycles. The van der Waals surface area contributed by atoms with E-state index >= 15 is 0 Å². The summed E-state index contributed by atoms with van der Waals surface area (Å²) in [6.07, 6.45) is 0. The summed E-state index contributed by atoms with van der Waals surface area (Å²) in [5, 5.41) is 11.2. The van der Waals surface area contributed by atoms with Gasteiger partial charge in [0.1, 0.15) is 5.56 Å². The second-order valence-corrected chi connectivity index (χ2v) is 5.10. The van der Waals surface area contributed by atoms with E-state index in [2.05, 4.69) is 15.5 Å². The van der Waals surface area contributed by atoms with Crippen LogP contribution in [0.4, 0.5) is 0 Å². The van der Waals surface area contributed by atoms with Crippen molar-refractivity contribution in [3.05, 3.63) is 51.3 Å². The lowest BCUT2D eigenvalue weighted by Gasteiger charge is -2.12. The molecule has 1 aromatic carbocycles. The fraction of sp³-hybridized carbons (Fsp3) is 0.214. The Balaban J connectivity index is 2.17. The Morgan fingerprint density at radius 1 is 1.19 bits per heavy atom. The highest BCUT2D eigenvalue weighted by Crippen LogP contribution is 2.33. The Bertz CT molecular complexity index is 660. The van der Waals surface area contributed by atoms with E-state index in [-0.39, 0.29) is 28.8 Å². The molecular weight excluding hydrogens is 313 g/mol. The van der Waals surface area contributed by atoms with Crippen LogP contribution in [0.2, 0.25) is 10.0 Å². The summed E-state index contributed by atoms with van der Waals surface area (Å²) in [5.41, 5.74) is 1.66. The van der Waals surface area contributed by atoms with Crippen LogP contribution in [0.5, 0.6) is 5.75 Å². The molecule has 0 spiro atoms. The quantitative estimate of drug-likeness (QED) is 0.938. The van der Waals surface area contributed by atoms with Crippen LogP contribution in [0.15, 0.2) is 24.3 Å². The monoisotopic (exact) mass is 325 g/mol. The Hall–Kier alpha value is -1.85. The fourth-order valence-corrected chi connectivity index (χ4v) is 2.19. The zero-order valence-corrected chi connectivity index (χ0v) is 13.0. The molecule has 2 rings (SSSR count). The summed E-state index contributed by atoms with van der Waals surface area (Å²) in [4.78, 5) is 12.3. The van der Waals surface area contributed by atoms with Crippen molar-refractivity contribution in [1.82, 2.24) is 15.5 Å². The molecule has 0 aliphatic heterocycles. The van der Waals surface area contributed by atoms with Gasteiger partial charge in [0.2, 0.25) is 0 Å². The van der Waals surface area contributed by atoms with E-state index in [0.29, 0.717) is 10.7 Å². The van der Waals surface area contributed by atoms with Crippen LogP contribution in [0.25, 0.3) is 0 Å². The van der Waals surface area contributed by atoms with Crippen LogP contribution in [0.1, 0.15) is 21.7 Å². The van der Waals surface area contributed by atoms with Gasteiger partial charge in [-0.15, -0.1) is 0 Å². The highest BCUT2D eigenvalue weighted by atomic mass is 35.5. The highest BCUT2D eigenvalue weighted by Gasteiger charge is 2.19. The second kappa shape index (κ2) is 6.74. The average molecular weight is 326 g/mol. The molecule has 110 valence electrons. The van der Waals surface area contributed by atoms with E-state index in [1.54, 1.807) is 18.2 Å². The molecular formula is C14H13Cl2N3O2. The van der Waals surface area contributed by atoms with Gasteiger partial charge in [0.05, 0.1) is 35.1 Å². The van der Waals surface area contributed by atoms with Gasteiger partial charge in [-0.1, -0.05) is 23.2 Å². The van der Waals surface area contributed by atoms with Gasteiger partial charge in [0, 0.05) is 0 Å². The molecule has 5 nitrogen and oxygen atoms in total. The van der Waals surface area contributed by atoms with Crippen molar-refractivity contribution in [2.75, 3.05) is 7.11 Å². The number of methoxy groups -OCH3 is 1. The highest BCUT2D eigenvalue weighted by molar-refractivity contribution is 6.37. The van der Waals surface area contributed by atoms with Gasteiger partial charge in [-0.3, -0.25) is 4.79 Å². The van der Waals surface area contributed by atoms with Crippen molar-refractivity contribution in [2.45, 2.75) is 13.5 Å². The third-order valence-corrected chi connectivity index (χ3v) is 3.39. The molecule has 0 aliphatic carbocycles. The first-order valence-electron chi connectivity index (χ1n) is 6.12. The van der Waals surface area contributed by atoms with Gasteiger partial charge in [0.15, 0.2) is 5.75 Å². The number of aromatic nitrogens is 2. The number of ether oxygens (including phenoxy) is 1. The summed E-state index contributed by atoms with van der Waals surface area (Å²) in [5.74, 6) is -0.140. The van der Waals surface area contributed by atoms with Crippen molar-refractivity contribution >= 4 is 29.1 Å². The Morgan fingerprint density at radius 2 is 1.90 bits per heavy atom. The number of aryl methyl sites for hydroxylation is 1. The van der Waals surface area contributed by atoms with Crippen molar-refractivity contribution < 1.29 is 9.53 Å². The first-order valence-corrected chi connectivity index (χ1v) is 6.88. The van der Waals surface area contributed by atoms with Gasteiger partial charge in [-0.25, -0.2) is 0 Å². The number of rotatable bonds is 4. The Morgan fingerprint density at radius 3 is 2.52 bits per heavy atom. The predicted molar refractivity (Wildman–Crippen MR) is 81.0 cm³/mol. The van der Waals surface area contributed by atoms with Crippen LogP contribution in [-0.2, 0) is 6.54 Å². The number of nitrogens with one attached hydrogen (secondary N) is 1. The third-order valence-electron chi connectivity index (χ3n) is 2.77. The molecule has 0 unspecified atom stereocenters. The predicted octanol–water partition coefficient (Wildman–Crippen LogP) is 3.03. The third kappa shape index (κ3) is 3.62. The molecule has 0 atom stereocenters. The first kappa shape index (κ1) is 15.5. The maximum absolute atomic E-state index is 12.3. The van der Waals surface area contributed by atoms with Gasteiger partial charge in [0.25, 0.3) is 5.91 Å². The summed E-state index contributed by atoms with van der Waals surface area (Å²) < 4.78 is 5.14. The van der Waals surface area contributed by atoms with E-state index in [0.717, 1.165) is 5.69 Å². The van der Waals surface area contributed by atoms with Crippen LogP contribution in [0, 0.1) is 6.92 Å². The SMILES string of the molecule is COc1c(Cl)ccc(Cl)c1C(=O)NCc1ccc(C)nn1. The minimum Gasteiger partial charge on any atom is -0.494 e. The molecule has 1 N–H and O–H groups in total. The molecule has 0 radical (unpaired) electrons. The summed E-state index contributed by atoms with van der Waals surface area (Å²) in [7, 11) is 1.43. The number of amides is 1. The average Bonchev–Trinajstić information content (AvgIpc) is 2.48. The van der Waals surface area contributed by atoms with Crippen LogP contribution >= 0.6 is 23.2 Å². The van der Waals surface area contributed by atoms with Crippen LogP contribution in [0.3, 0.4) is 0 Å². The molecule has 1 heterocycles. The first-order chi connectivity index (χ1) is 10.0. The minimum absolute atomic E-state index is 0.201. The number of halogens is 2. The lowest BCUT2D eigenvalue weighted by atomic mass is 10.2. The van der Waals surface area contributed by atoms with Crippen molar-refractivity contribution in [3.8, 4) is 5.75 Å². The number of nitrogens with zero attached hydrogens (tertiary/aromatic N) is 2. The number of carbonyl (C=O) groups excluding carboxylic acids is 1. The standard InChI is InChI=1S/C14H13Cl2N3O2/c1-8-3-4-9(19-18-8)7-17-14(20)12-10(15)5-6-11(16)13(12)21-2/h3-6H,7H2,1-2H3,(H,17,20). The smallest absolute Gasteiger partial charge is 0.256 e. The number of benzene rings is 1. The van der Waals surface area contributed by atoms with Crippen LogP contribution < -0.4 is 10.1 Å². The van der Waals surface area contributed by atoms with Crippen molar-refractivity contribution in [1.29, 1.82) is 0 Å². The molecule has 0 aliphatic rings. The zero-order chi connectivity index (χ0) is 15.4. The van der Waals surface area contributed by atoms with Gasteiger partial charge >= 0.3 is 0 Å². The molecule has 1 amide bonds. The molecule has 0 bridgehead atoms. The van der Waals surface area contributed by atoms with E-state index in [1.807, 2.05) is 13.0 Å². The summed E-state index contributed by atoms with van der Waals surface area (Å²) >= 11 is 12.0. The largest absolute Gasteiger partial charge is 0.494 e. The van der Waals surface area contributed by atoms with E-state index < -0.39 is 0 Å². The summed E-state index contributed by atoms with van der Waals surface area (Å²) in [6, 6.07) is 6.73. The maximum atomic E-state index is 12.3. The molecule has 1 aromatic heterocycles. The molecule has 21 heavy (non-hydrogen) atoms. The van der Waals surface area contributed by atoms with E-state index in [1.165, 1.54) is 7.11 Å². The Labute approximate surface area is 132 Å². The number of hydrogen-bond acceptors (Lipinski definition) is 4. The minimum atomic E-state index is -0.387. The zero-order valence-electron chi connectivity index (χ0n) is 11.5. The Kier molecular flexibility index (Phi) is 4.98. The van der Waals surface area contributed by atoms with Crippen molar-refractivity contribution in [2.24, 2.45) is 0 Å². The van der Waals surface area contributed by atoms with E-state index in [9.17, 15) is 4.79 Å². The fourth-order valence-electron chi connectivity index (χ4n) is 1.72. The van der Waals surface area contributed by atoms with E-state index in [4.69, 9.17) is 27.9 Å². The van der Waals surface area contributed by atoms with Crippen LogP contribution in [-0.4, -0.2) is 23.2 Å². The molecule has 0 saturated heterocycles. The molecule has 0 fully saturated rings. The number of hydrogen-bond donors (Lipinski definition) is 1. The van der Waals surface area contributed by atoms with Gasteiger partial charge in [-0.05, 0) is 31.2 Å². The normalized spacial score (nSPS) is 10.3. The second-order valence-electron chi connectivity index (χ2n) is 4.29. The summed E-state index contributed by atoms with van der Waals surface area (Å²) in [6.45, 7) is 2.07. The van der Waals surface area contributed by atoms with Gasteiger partial charge < -0.3 is 10.1 Å². The molecule has 7 heteroatoms. The van der Waals surface area contributed by atoms with Crippen molar-refractivity contribution in [3.63, 3.8) is 0 Å². The lowest BCUT2D eigenvalue weighted by Crippen LogP contribution is -2.24. The molecule has 2 aromatic rings. The number of carbonyl (C=O) groups is 1. The topological polar surface area (TPSA) is 64.1 Å². The lowest BCUT2D eigenvalue weighted by molar-refractivity contribution is 0.0947. The maximum Gasteiger partial charge on any atom is 0.256 e.